The van der Waals surface area contributed by atoms with Crippen LogP contribution in [0.15, 0.2) is 59.6 Å². The highest BCUT2D eigenvalue weighted by atomic mass is 32.1. The summed E-state index contributed by atoms with van der Waals surface area (Å²) in [4.78, 5) is 5.18. The van der Waals surface area contributed by atoms with Crippen LogP contribution in [-0.4, -0.2) is 24.7 Å². The molecule has 0 fully saturated rings. The molecule has 5 heteroatoms. The van der Waals surface area contributed by atoms with Crippen molar-refractivity contribution in [1.29, 1.82) is 0 Å². The Hall–Kier alpha value is -2.37. The zero-order valence-electron chi connectivity index (χ0n) is 14.5. The number of hydrogen-bond donors (Lipinski definition) is 3. The molecule has 0 saturated heterocycles. The third-order valence-electron chi connectivity index (χ3n) is 4.04. The summed E-state index contributed by atoms with van der Waals surface area (Å²) < 4.78 is 1.19. The zero-order chi connectivity index (χ0) is 17.6. The molecule has 0 spiro atoms. The van der Waals surface area contributed by atoms with Gasteiger partial charge < -0.3 is 15.7 Å². The van der Waals surface area contributed by atoms with Gasteiger partial charge in [-0.3, -0.25) is 4.99 Å². The second-order valence-corrected chi connectivity index (χ2v) is 7.11. The lowest BCUT2D eigenvalue weighted by Crippen LogP contribution is -2.38. The van der Waals surface area contributed by atoms with Crippen molar-refractivity contribution >= 4 is 27.4 Å². The Morgan fingerprint density at radius 1 is 1.12 bits per heavy atom. The number of nitrogens with one attached hydrogen (secondary N) is 2. The highest BCUT2D eigenvalue weighted by Crippen LogP contribution is 2.29. The monoisotopic (exact) mass is 353 g/mol. The summed E-state index contributed by atoms with van der Waals surface area (Å²) in [5, 5.41) is 18.1. The van der Waals surface area contributed by atoms with Gasteiger partial charge in [-0.15, -0.1) is 11.3 Å². The van der Waals surface area contributed by atoms with Crippen molar-refractivity contribution in [3.8, 4) is 0 Å². The van der Waals surface area contributed by atoms with Crippen LogP contribution in [0.25, 0.3) is 10.1 Å². The Labute approximate surface area is 152 Å². The van der Waals surface area contributed by atoms with Crippen LogP contribution in [0, 0.1) is 6.92 Å². The van der Waals surface area contributed by atoms with Crippen molar-refractivity contribution in [2.45, 2.75) is 19.6 Å². The van der Waals surface area contributed by atoms with Crippen molar-refractivity contribution in [3.63, 3.8) is 0 Å². The molecule has 1 heterocycles. The van der Waals surface area contributed by atoms with E-state index in [0.717, 1.165) is 4.88 Å². The number of rotatable bonds is 5. The fraction of sp³-hybridized carbons (Fsp3) is 0.250. The number of aliphatic hydroxyl groups excluding tert-OH is 1. The number of nitrogens with zero attached hydrogens (tertiary/aromatic N) is 1. The Morgan fingerprint density at radius 2 is 1.88 bits per heavy atom. The van der Waals surface area contributed by atoms with E-state index in [9.17, 15) is 5.11 Å². The first kappa shape index (κ1) is 17.5. The minimum Gasteiger partial charge on any atom is -0.386 e. The molecule has 1 atom stereocenters. The number of hydrogen-bond acceptors (Lipinski definition) is 3. The fourth-order valence-electron chi connectivity index (χ4n) is 2.57. The van der Waals surface area contributed by atoms with Gasteiger partial charge in [0.2, 0.25) is 0 Å². The van der Waals surface area contributed by atoms with E-state index in [1.165, 1.54) is 21.2 Å². The SMILES string of the molecule is CN=C(NCc1ccc(C)cc1)NCC(O)c1cc2ccccc2s1. The summed E-state index contributed by atoms with van der Waals surface area (Å²) in [6.45, 7) is 3.19. The highest BCUT2D eigenvalue weighted by molar-refractivity contribution is 7.19. The molecule has 0 bridgehead atoms. The lowest BCUT2D eigenvalue weighted by Gasteiger charge is -2.14. The van der Waals surface area contributed by atoms with Gasteiger partial charge in [-0.25, -0.2) is 0 Å². The molecule has 0 amide bonds. The van der Waals surface area contributed by atoms with E-state index in [2.05, 4.69) is 65.0 Å². The quantitative estimate of drug-likeness (QED) is 0.485. The molecule has 4 nitrogen and oxygen atoms in total. The number of aliphatic hydroxyl groups is 1. The Balaban J connectivity index is 1.54. The third kappa shape index (κ3) is 4.59. The van der Waals surface area contributed by atoms with E-state index in [1.807, 2.05) is 12.1 Å². The van der Waals surface area contributed by atoms with Crippen LogP contribution in [0.2, 0.25) is 0 Å². The molecule has 1 aromatic heterocycles. The molecular formula is C20H23N3OS. The summed E-state index contributed by atoms with van der Waals surface area (Å²) in [7, 11) is 1.73. The molecule has 0 saturated carbocycles. The predicted octanol–water partition coefficient (Wildman–Crippen LogP) is 3.61. The van der Waals surface area contributed by atoms with Crippen molar-refractivity contribution in [1.82, 2.24) is 10.6 Å². The molecule has 1 unspecified atom stereocenters. The summed E-state index contributed by atoms with van der Waals surface area (Å²) in [6.07, 6.45) is -0.560. The minimum atomic E-state index is -0.560. The van der Waals surface area contributed by atoms with Crippen LogP contribution in [0.1, 0.15) is 22.1 Å². The second kappa shape index (κ2) is 8.14. The third-order valence-corrected chi connectivity index (χ3v) is 5.26. The average Bonchev–Trinajstić information content (AvgIpc) is 3.07. The van der Waals surface area contributed by atoms with Crippen molar-refractivity contribution in [3.05, 3.63) is 70.6 Å². The lowest BCUT2D eigenvalue weighted by atomic mass is 10.1. The van der Waals surface area contributed by atoms with Crippen LogP contribution in [0.3, 0.4) is 0 Å². The average molecular weight is 353 g/mol. The van der Waals surface area contributed by atoms with E-state index in [0.29, 0.717) is 19.0 Å². The number of aryl methyl sites for hydroxylation is 1. The van der Waals surface area contributed by atoms with Gasteiger partial charge in [0.05, 0.1) is 0 Å². The summed E-state index contributed by atoms with van der Waals surface area (Å²) >= 11 is 1.63. The van der Waals surface area contributed by atoms with Gasteiger partial charge >= 0.3 is 0 Å². The second-order valence-electron chi connectivity index (χ2n) is 5.99. The maximum absolute atomic E-state index is 10.4. The highest BCUT2D eigenvalue weighted by Gasteiger charge is 2.12. The minimum absolute atomic E-state index is 0.417. The smallest absolute Gasteiger partial charge is 0.191 e. The first-order valence-corrected chi connectivity index (χ1v) is 9.14. The van der Waals surface area contributed by atoms with Gasteiger partial charge in [0.25, 0.3) is 0 Å². The maximum atomic E-state index is 10.4. The molecule has 3 rings (SSSR count). The number of aliphatic imine (C=N–C) groups is 1. The number of thiophene rings is 1. The standard InChI is InChI=1S/C20H23N3OS/c1-14-7-9-15(10-8-14)12-22-20(21-2)23-13-17(24)19-11-16-5-3-4-6-18(16)25-19/h3-11,17,24H,12-13H2,1-2H3,(H2,21,22,23). The first-order chi connectivity index (χ1) is 12.2. The van der Waals surface area contributed by atoms with Crippen molar-refractivity contribution in [2.75, 3.05) is 13.6 Å². The Morgan fingerprint density at radius 3 is 2.60 bits per heavy atom. The van der Waals surface area contributed by atoms with E-state index >= 15 is 0 Å². The zero-order valence-corrected chi connectivity index (χ0v) is 15.3. The maximum Gasteiger partial charge on any atom is 0.191 e. The summed E-state index contributed by atoms with van der Waals surface area (Å²) in [5.41, 5.74) is 2.44. The van der Waals surface area contributed by atoms with Gasteiger partial charge in [-0.1, -0.05) is 48.0 Å². The normalized spacial score (nSPS) is 13.0. The van der Waals surface area contributed by atoms with Gasteiger partial charge in [0.15, 0.2) is 5.96 Å². The molecule has 2 aromatic carbocycles. The van der Waals surface area contributed by atoms with E-state index in [-0.39, 0.29) is 0 Å². The van der Waals surface area contributed by atoms with E-state index in [1.54, 1.807) is 18.4 Å². The topological polar surface area (TPSA) is 56.7 Å². The number of fused-ring (bicyclic) bond motifs is 1. The fourth-order valence-corrected chi connectivity index (χ4v) is 3.62. The van der Waals surface area contributed by atoms with Crippen LogP contribution >= 0.6 is 11.3 Å². The van der Waals surface area contributed by atoms with Crippen molar-refractivity contribution in [2.24, 2.45) is 4.99 Å². The number of benzene rings is 2. The number of guanidine groups is 1. The molecule has 0 aliphatic carbocycles. The molecular weight excluding hydrogens is 330 g/mol. The van der Waals surface area contributed by atoms with E-state index < -0.39 is 6.10 Å². The molecule has 25 heavy (non-hydrogen) atoms. The van der Waals surface area contributed by atoms with Crippen LogP contribution in [0.4, 0.5) is 0 Å². The van der Waals surface area contributed by atoms with Crippen LogP contribution in [0.5, 0.6) is 0 Å². The van der Waals surface area contributed by atoms with Crippen LogP contribution in [-0.2, 0) is 6.54 Å². The Bertz CT molecular complexity index is 822. The molecule has 3 N–H and O–H groups in total. The summed E-state index contributed by atoms with van der Waals surface area (Å²) in [6, 6.07) is 18.6. The summed E-state index contributed by atoms with van der Waals surface area (Å²) in [5.74, 6) is 0.681. The van der Waals surface area contributed by atoms with Gasteiger partial charge in [-0.05, 0) is 30.0 Å². The molecule has 130 valence electrons. The van der Waals surface area contributed by atoms with Gasteiger partial charge in [-0.2, -0.15) is 0 Å². The lowest BCUT2D eigenvalue weighted by molar-refractivity contribution is 0.184. The van der Waals surface area contributed by atoms with Crippen molar-refractivity contribution < 1.29 is 5.11 Å². The van der Waals surface area contributed by atoms with Gasteiger partial charge in [0.1, 0.15) is 6.10 Å². The van der Waals surface area contributed by atoms with Gasteiger partial charge in [0, 0.05) is 29.7 Å². The molecule has 0 aliphatic heterocycles. The molecule has 3 aromatic rings. The predicted molar refractivity (Wildman–Crippen MR) is 106 cm³/mol. The molecule has 0 radical (unpaired) electrons. The largest absolute Gasteiger partial charge is 0.386 e. The molecule has 0 aliphatic rings. The first-order valence-electron chi connectivity index (χ1n) is 8.32. The van der Waals surface area contributed by atoms with Crippen LogP contribution < -0.4 is 10.6 Å². The Kier molecular flexibility index (Phi) is 5.68. The van der Waals surface area contributed by atoms with E-state index in [4.69, 9.17) is 0 Å².